The molecule has 4 rings (SSSR count). The molecule has 1 aromatic carbocycles. The lowest BCUT2D eigenvalue weighted by Crippen LogP contribution is -2.39. The third-order valence-electron chi connectivity index (χ3n) is 5.10. The van der Waals surface area contributed by atoms with Gasteiger partial charge < -0.3 is 10.8 Å². The molecule has 31 heavy (non-hydrogen) atoms. The topological polar surface area (TPSA) is 72.0 Å². The van der Waals surface area contributed by atoms with Crippen LogP contribution in [0.4, 0.5) is 13.2 Å². The Morgan fingerprint density at radius 2 is 1.84 bits per heavy atom. The molecule has 9 heteroatoms. The highest BCUT2D eigenvalue weighted by atomic mass is 35.5. The summed E-state index contributed by atoms with van der Waals surface area (Å²) in [4.78, 5) is 9.32. The fraction of sp³-hybridized carbons (Fsp3) is 0.182. The summed E-state index contributed by atoms with van der Waals surface area (Å²) in [5, 5.41) is 11.4. The van der Waals surface area contributed by atoms with Gasteiger partial charge >= 0.3 is 6.18 Å². The number of rotatable bonds is 4. The van der Waals surface area contributed by atoms with Crippen molar-refractivity contribution in [1.29, 1.82) is 0 Å². The molecule has 0 saturated carbocycles. The molecule has 0 amide bonds. The van der Waals surface area contributed by atoms with Crippen LogP contribution in [-0.4, -0.2) is 21.3 Å². The summed E-state index contributed by atoms with van der Waals surface area (Å²) in [6, 6.07) is 12.7. The maximum absolute atomic E-state index is 13.3. The minimum absolute atomic E-state index is 0.282. The van der Waals surface area contributed by atoms with Gasteiger partial charge in [-0.1, -0.05) is 29.8 Å². The Morgan fingerprint density at radius 1 is 1.06 bits per heavy atom. The van der Waals surface area contributed by atoms with Gasteiger partial charge in [0.05, 0.1) is 22.5 Å². The van der Waals surface area contributed by atoms with Crippen LogP contribution < -0.4 is 5.73 Å². The Kier molecular flexibility index (Phi) is 5.51. The second-order valence-electron chi connectivity index (χ2n) is 7.22. The first-order valence-corrected chi connectivity index (χ1v) is 10.4. The number of alkyl halides is 3. The van der Waals surface area contributed by atoms with Gasteiger partial charge in [0.2, 0.25) is 0 Å². The molecule has 0 aliphatic carbocycles. The van der Waals surface area contributed by atoms with Gasteiger partial charge in [0.15, 0.2) is 5.60 Å². The van der Waals surface area contributed by atoms with Gasteiger partial charge in [-0.15, -0.1) is 11.3 Å². The van der Waals surface area contributed by atoms with Gasteiger partial charge in [-0.25, -0.2) is 0 Å². The van der Waals surface area contributed by atoms with E-state index in [2.05, 4.69) is 9.97 Å². The molecule has 3 aromatic heterocycles. The van der Waals surface area contributed by atoms with E-state index in [0.29, 0.717) is 22.0 Å². The van der Waals surface area contributed by atoms with Crippen molar-refractivity contribution in [3.63, 3.8) is 0 Å². The number of pyridine rings is 2. The van der Waals surface area contributed by atoms with Crippen molar-refractivity contribution in [1.82, 2.24) is 9.97 Å². The van der Waals surface area contributed by atoms with Crippen molar-refractivity contribution in [3.05, 3.63) is 82.1 Å². The zero-order valence-electron chi connectivity index (χ0n) is 16.2. The van der Waals surface area contributed by atoms with Gasteiger partial charge in [-0.05, 0) is 48.2 Å². The average molecular weight is 464 g/mol. The van der Waals surface area contributed by atoms with Gasteiger partial charge in [-0.2, -0.15) is 13.2 Å². The van der Waals surface area contributed by atoms with Gasteiger partial charge in [0.1, 0.15) is 0 Å². The van der Waals surface area contributed by atoms with E-state index in [9.17, 15) is 18.3 Å². The van der Waals surface area contributed by atoms with E-state index < -0.39 is 17.8 Å². The highest BCUT2D eigenvalue weighted by molar-refractivity contribution is 7.19. The van der Waals surface area contributed by atoms with E-state index in [1.54, 1.807) is 30.5 Å². The number of nitrogens with two attached hydrogens (primary N) is 1. The maximum Gasteiger partial charge on any atom is 0.421 e. The van der Waals surface area contributed by atoms with Crippen molar-refractivity contribution < 1.29 is 18.3 Å². The van der Waals surface area contributed by atoms with Crippen LogP contribution in [0.15, 0.2) is 60.9 Å². The summed E-state index contributed by atoms with van der Waals surface area (Å²) in [7, 11) is 0. The first-order valence-electron chi connectivity index (χ1n) is 9.24. The highest BCUT2D eigenvalue weighted by Gasteiger charge is 2.51. The molecule has 0 bridgehead atoms. The number of hydrogen-bond donors (Lipinski definition) is 2. The molecule has 0 aliphatic heterocycles. The standard InChI is InChI=1S/C22H17ClF3N3OS/c1-21(30,22(24,25)26)13-7-9-28-16(11-13)14-5-2-4-12-10-17(31-20(12)14)18(27)19-15(23)6-3-8-29-19/h2-11,18,30H,27H2,1H3/t18-,21+/m0/s1. The Morgan fingerprint density at radius 3 is 2.55 bits per heavy atom. The maximum atomic E-state index is 13.3. The summed E-state index contributed by atoms with van der Waals surface area (Å²) in [6.45, 7) is 0.728. The molecule has 4 nitrogen and oxygen atoms in total. The van der Waals surface area contributed by atoms with Crippen LogP contribution in [0, 0.1) is 0 Å². The molecular formula is C22H17ClF3N3OS. The van der Waals surface area contributed by atoms with Crippen LogP contribution >= 0.6 is 22.9 Å². The molecule has 0 radical (unpaired) electrons. The van der Waals surface area contributed by atoms with Crippen LogP contribution in [0.25, 0.3) is 21.3 Å². The lowest BCUT2D eigenvalue weighted by atomic mass is 9.94. The van der Waals surface area contributed by atoms with Gasteiger partial charge in [-0.3, -0.25) is 9.97 Å². The highest BCUT2D eigenvalue weighted by Crippen LogP contribution is 2.41. The average Bonchev–Trinajstić information content (AvgIpc) is 3.17. The third kappa shape index (κ3) is 3.92. The fourth-order valence-corrected chi connectivity index (χ4v) is 4.67. The van der Waals surface area contributed by atoms with E-state index in [4.69, 9.17) is 17.3 Å². The number of benzene rings is 1. The Hall–Kier alpha value is -2.52. The summed E-state index contributed by atoms with van der Waals surface area (Å²) in [5.74, 6) is 0. The van der Waals surface area contributed by atoms with Crippen LogP contribution in [0.1, 0.15) is 29.1 Å². The van der Waals surface area contributed by atoms with Gasteiger partial charge in [0.25, 0.3) is 0 Å². The van der Waals surface area contributed by atoms with Crippen LogP contribution in [0.5, 0.6) is 0 Å². The first kappa shape index (κ1) is 21.7. The van der Waals surface area contributed by atoms with Crippen LogP contribution in [-0.2, 0) is 5.60 Å². The largest absolute Gasteiger partial charge is 0.421 e. The molecule has 160 valence electrons. The Labute approximate surface area is 185 Å². The molecule has 0 unspecified atom stereocenters. The Bertz CT molecular complexity index is 1260. The molecule has 4 aromatic rings. The van der Waals surface area contributed by atoms with Crippen molar-refractivity contribution in [3.8, 4) is 11.3 Å². The zero-order valence-corrected chi connectivity index (χ0v) is 17.8. The number of hydrogen-bond acceptors (Lipinski definition) is 5. The molecule has 0 saturated heterocycles. The number of aromatic nitrogens is 2. The lowest BCUT2D eigenvalue weighted by molar-refractivity contribution is -0.258. The smallest absolute Gasteiger partial charge is 0.376 e. The second-order valence-corrected chi connectivity index (χ2v) is 8.71. The number of aliphatic hydroxyl groups is 1. The first-order chi connectivity index (χ1) is 14.6. The lowest BCUT2D eigenvalue weighted by Gasteiger charge is -2.26. The molecular weight excluding hydrogens is 447 g/mol. The van der Waals surface area contributed by atoms with E-state index in [1.165, 1.54) is 23.6 Å². The number of fused-ring (bicyclic) bond motifs is 1. The number of halogens is 4. The van der Waals surface area contributed by atoms with Crippen molar-refractivity contribution in [2.24, 2.45) is 5.73 Å². The molecule has 0 fully saturated rings. The van der Waals surface area contributed by atoms with Crippen LogP contribution in [0.2, 0.25) is 5.02 Å². The predicted molar refractivity (Wildman–Crippen MR) is 116 cm³/mol. The minimum atomic E-state index is -4.82. The monoisotopic (exact) mass is 463 g/mol. The fourth-order valence-electron chi connectivity index (χ4n) is 3.24. The molecule has 0 aliphatic rings. The summed E-state index contributed by atoms with van der Waals surface area (Å²) < 4.78 is 40.7. The van der Waals surface area contributed by atoms with E-state index >= 15 is 0 Å². The number of nitrogens with zero attached hydrogens (tertiary/aromatic N) is 2. The Balaban J connectivity index is 1.80. The minimum Gasteiger partial charge on any atom is -0.376 e. The quantitative estimate of drug-likeness (QED) is 0.399. The van der Waals surface area contributed by atoms with Crippen LogP contribution in [0.3, 0.4) is 0 Å². The molecule has 0 spiro atoms. The summed E-state index contributed by atoms with van der Waals surface area (Å²) in [5.41, 5.74) is 4.63. The van der Waals surface area contributed by atoms with Crippen molar-refractivity contribution >= 4 is 33.0 Å². The zero-order chi connectivity index (χ0) is 22.4. The molecule has 3 N–H and O–H groups in total. The number of thiophene rings is 1. The summed E-state index contributed by atoms with van der Waals surface area (Å²) in [6.07, 6.45) is -1.94. The second kappa shape index (κ2) is 7.87. The SMILES string of the molecule is C[C@@](O)(c1ccnc(-c2cccc3cc([C@H](N)c4ncccc4Cl)sc23)c1)C(F)(F)F. The van der Waals surface area contributed by atoms with E-state index in [-0.39, 0.29) is 5.56 Å². The molecule has 2 atom stereocenters. The van der Waals surface area contributed by atoms with Crippen molar-refractivity contribution in [2.75, 3.05) is 0 Å². The van der Waals surface area contributed by atoms with E-state index in [0.717, 1.165) is 28.0 Å². The summed E-state index contributed by atoms with van der Waals surface area (Å²) >= 11 is 7.63. The van der Waals surface area contributed by atoms with E-state index in [1.807, 2.05) is 12.1 Å². The normalized spacial score (nSPS) is 15.1. The van der Waals surface area contributed by atoms with Crippen molar-refractivity contribution in [2.45, 2.75) is 24.7 Å². The third-order valence-corrected chi connectivity index (χ3v) is 6.69. The predicted octanol–water partition coefficient (Wildman–Crippen LogP) is 5.83. The molecule has 3 heterocycles. The van der Waals surface area contributed by atoms with Gasteiger partial charge in [0, 0.05) is 27.5 Å².